The molecule has 154 valence electrons. The molecular formula is C26H26N4Si. The van der Waals surface area contributed by atoms with E-state index in [0.717, 1.165) is 22.5 Å². The van der Waals surface area contributed by atoms with Crippen molar-refractivity contribution in [2.24, 2.45) is 4.99 Å². The van der Waals surface area contributed by atoms with E-state index in [4.69, 9.17) is 4.99 Å². The van der Waals surface area contributed by atoms with Crippen molar-refractivity contribution < 1.29 is 0 Å². The van der Waals surface area contributed by atoms with E-state index in [1.54, 1.807) is 0 Å². The zero-order valence-corrected chi connectivity index (χ0v) is 19.1. The molecule has 0 radical (unpaired) electrons. The lowest BCUT2D eigenvalue weighted by atomic mass is 10.1. The molecule has 2 aromatic heterocycles. The van der Waals surface area contributed by atoms with Crippen molar-refractivity contribution in [3.8, 4) is 22.3 Å². The molecule has 0 atom stereocenters. The Morgan fingerprint density at radius 1 is 0.613 bits per heavy atom. The number of aliphatic imine (C=N–C) groups is 1. The minimum absolute atomic E-state index is 0.939. The van der Waals surface area contributed by atoms with Gasteiger partial charge in [0.05, 0.1) is 12.0 Å². The Morgan fingerprint density at radius 2 is 1.03 bits per heavy atom. The second-order valence-corrected chi connectivity index (χ2v) is 13.2. The fourth-order valence-corrected chi connectivity index (χ4v) is 4.72. The third-order valence-electron chi connectivity index (χ3n) is 5.09. The summed E-state index contributed by atoms with van der Waals surface area (Å²) in [6, 6.07) is 25.1. The maximum atomic E-state index is 4.78. The Balaban J connectivity index is 1.55. The zero-order chi connectivity index (χ0) is 21.7. The summed E-state index contributed by atoms with van der Waals surface area (Å²) in [5.74, 6) is 0. The number of aromatic nitrogens is 2. The molecular weight excluding hydrogens is 396 g/mol. The zero-order valence-electron chi connectivity index (χ0n) is 18.1. The van der Waals surface area contributed by atoms with Gasteiger partial charge in [0, 0.05) is 30.5 Å². The van der Waals surface area contributed by atoms with Gasteiger partial charge in [-0.3, -0.25) is 9.97 Å². The van der Waals surface area contributed by atoms with Crippen LogP contribution in [0.2, 0.25) is 19.6 Å². The van der Waals surface area contributed by atoms with Crippen molar-refractivity contribution in [2.45, 2.75) is 19.6 Å². The molecule has 2 aromatic carbocycles. The summed E-state index contributed by atoms with van der Waals surface area (Å²) in [4.78, 5) is 13.0. The molecule has 0 unspecified atom stereocenters. The van der Waals surface area contributed by atoms with Gasteiger partial charge in [0.1, 0.15) is 0 Å². The molecule has 4 nitrogen and oxygen atoms in total. The normalized spacial score (nSPS) is 11.6. The highest BCUT2D eigenvalue weighted by atomic mass is 28.3. The maximum absolute atomic E-state index is 4.78. The summed E-state index contributed by atoms with van der Waals surface area (Å²) >= 11 is 0. The van der Waals surface area contributed by atoms with Crippen LogP contribution < -0.4 is 4.57 Å². The number of pyridine rings is 2. The average Bonchev–Trinajstić information content (AvgIpc) is 2.80. The van der Waals surface area contributed by atoms with Gasteiger partial charge in [0.2, 0.25) is 0 Å². The van der Waals surface area contributed by atoms with Crippen molar-refractivity contribution in [3.63, 3.8) is 0 Å². The fraction of sp³-hybridized carbons (Fsp3) is 0.115. The van der Waals surface area contributed by atoms with Crippen LogP contribution in [0.25, 0.3) is 22.3 Å². The van der Waals surface area contributed by atoms with Gasteiger partial charge in [0.25, 0.3) is 0 Å². The number of rotatable bonds is 6. The second-order valence-electron chi connectivity index (χ2n) is 8.35. The molecule has 0 spiro atoms. The number of benzene rings is 2. The minimum atomic E-state index is -1.67. The van der Waals surface area contributed by atoms with Crippen molar-refractivity contribution >= 4 is 25.9 Å². The van der Waals surface area contributed by atoms with Crippen LogP contribution >= 0.6 is 0 Å². The lowest BCUT2D eigenvalue weighted by Crippen LogP contribution is -2.45. The molecule has 4 rings (SSSR count). The average molecular weight is 423 g/mol. The van der Waals surface area contributed by atoms with E-state index in [1.165, 1.54) is 11.1 Å². The summed E-state index contributed by atoms with van der Waals surface area (Å²) in [6.07, 6.45) is 9.25. The summed E-state index contributed by atoms with van der Waals surface area (Å²) in [7, 11) is -1.67. The second kappa shape index (κ2) is 9.06. The molecule has 0 bridgehead atoms. The summed E-state index contributed by atoms with van der Waals surface area (Å²) in [5, 5.41) is 0. The van der Waals surface area contributed by atoms with E-state index < -0.39 is 8.24 Å². The fourth-order valence-electron chi connectivity index (χ4n) is 3.39. The van der Waals surface area contributed by atoms with Crippen LogP contribution in [0.5, 0.6) is 0 Å². The van der Waals surface area contributed by atoms with Gasteiger partial charge in [-0.25, -0.2) is 4.99 Å². The van der Waals surface area contributed by atoms with Crippen molar-refractivity contribution in [1.82, 2.24) is 9.97 Å². The first-order chi connectivity index (χ1) is 15.0. The van der Waals surface area contributed by atoms with E-state index in [2.05, 4.69) is 82.7 Å². The molecule has 0 aliphatic carbocycles. The summed E-state index contributed by atoms with van der Waals surface area (Å²) in [5.41, 5.74) is 6.77. The molecule has 0 saturated carbocycles. The lowest BCUT2D eigenvalue weighted by molar-refractivity contribution is 1.33. The van der Waals surface area contributed by atoms with E-state index in [1.807, 2.05) is 55.4 Å². The van der Waals surface area contributed by atoms with E-state index in [9.17, 15) is 0 Å². The highest BCUT2D eigenvalue weighted by Crippen LogP contribution is 2.26. The van der Waals surface area contributed by atoms with E-state index in [-0.39, 0.29) is 0 Å². The third-order valence-corrected chi connectivity index (χ3v) is 6.90. The molecule has 0 aliphatic heterocycles. The smallest absolute Gasteiger partial charge is 0.154 e. The Kier molecular flexibility index (Phi) is 6.05. The number of nitrogens with zero attached hydrogens (tertiary/aromatic N) is 4. The van der Waals surface area contributed by atoms with Gasteiger partial charge in [-0.05, 0) is 70.8 Å². The molecule has 0 N–H and O–H groups in total. The minimum Gasteiger partial charge on any atom is -0.361 e. The SMILES string of the molecule is C[Si](C)(C)N(C=Nc1ccc(-c2ccncc2)cc1)c1ccc(-c2ccncc2)cc1. The van der Waals surface area contributed by atoms with Crippen molar-refractivity contribution in [3.05, 3.63) is 97.6 Å². The third kappa shape index (κ3) is 5.13. The van der Waals surface area contributed by atoms with Gasteiger partial charge in [-0.1, -0.05) is 43.9 Å². The molecule has 31 heavy (non-hydrogen) atoms. The Bertz CT molecular complexity index is 1130. The first-order valence-corrected chi connectivity index (χ1v) is 13.8. The Labute approximate surface area is 185 Å². The van der Waals surface area contributed by atoms with E-state index in [0.29, 0.717) is 0 Å². The molecule has 0 saturated heterocycles. The van der Waals surface area contributed by atoms with Crippen LogP contribution in [-0.4, -0.2) is 24.5 Å². The summed E-state index contributed by atoms with van der Waals surface area (Å²) in [6.45, 7) is 6.97. The van der Waals surface area contributed by atoms with Gasteiger partial charge in [0.15, 0.2) is 8.24 Å². The van der Waals surface area contributed by atoms with Crippen LogP contribution in [0, 0.1) is 0 Å². The van der Waals surface area contributed by atoms with Crippen molar-refractivity contribution in [1.29, 1.82) is 0 Å². The standard InChI is InChI=1S/C26H26N4Si/c1-31(2,3)30(26-10-6-22(7-11-26)24-14-18-28-19-15-24)20-29-25-8-4-21(5-9-25)23-12-16-27-17-13-23/h4-20H,1-3H3. The largest absolute Gasteiger partial charge is 0.361 e. The van der Waals surface area contributed by atoms with Crippen LogP contribution in [0.3, 0.4) is 0 Å². The van der Waals surface area contributed by atoms with Crippen LogP contribution in [0.4, 0.5) is 11.4 Å². The first kappa shape index (κ1) is 20.7. The van der Waals surface area contributed by atoms with E-state index >= 15 is 0 Å². The Morgan fingerprint density at radius 3 is 1.48 bits per heavy atom. The maximum Gasteiger partial charge on any atom is 0.154 e. The Hall–Kier alpha value is -3.57. The highest BCUT2D eigenvalue weighted by Gasteiger charge is 2.23. The quantitative estimate of drug-likeness (QED) is 0.195. The molecule has 4 aromatic rings. The predicted molar refractivity (Wildman–Crippen MR) is 133 cm³/mol. The monoisotopic (exact) mass is 422 g/mol. The van der Waals surface area contributed by atoms with Gasteiger partial charge in [-0.2, -0.15) is 0 Å². The summed E-state index contributed by atoms with van der Waals surface area (Å²) < 4.78 is 2.33. The topological polar surface area (TPSA) is 41.4 Å². The van der Waals surface area contributed by atoms with Crippen LogP contribution in [-0.2, 0) is 0 Å². The number of hydrogen-bond acceptors (Lipinski definition) is 3. The van der Waals surface area contributed by atoms with Gasteiger partial charge >= 0.3 is 0 Å². The lowest BCUT2D eigenvalue weighted by Gasteiger charge is -2.32. The molecule has 2 heterocycles. The first-order valence-electron chi connectivity index (χ1n) is 10.4. The molecule has 0 amide bonds. The molecule has 0 aliphatic rings. The van der Waals surface area contributed by atoms with Crippen molar-refractivity contribution in [2.75, 3.05) is 4.57 Å². The van der Waals surface area contributed by atoms with Crippen LogP contribution in [0.1, 0.15) is 0 Å². The van der Waals surface area contributed by atoms with Gasteiger partial charge in [-0.15, -0.1) is 0 Å². The van der Waals surface area contributed by atoms with Gasteiger partial charge < -0.3 is 4.57 Å². The van der Waals surface area contributed by atoms with Crippen LogP contribution in [0.15, 0.2) is 103 Å². The molecule has 5 heteroatoms. The highest BCUT2D eigenvalue weighted by molar-refractivity contribution is 6.82. The molecule has 0 fully saturated rings. The number of hydrogen-bond donors (Lipinski definition) is 0. The number of anilines is 1. The predicted octanol–water partition coefficient (Wildman–Crippen LogP) is 6.81.